The minimum absolute atomic E-state index is 0.00298. The van der Waals surface area contributed by atoms with Crippen LogP contribution in [0.3, 0.4) is 0 Å². The van der Waals surface area contributed by atoms with E-state index in [2.05, 4.69) is 10.6 Å². The van der Waals surface area contributed by atoms with Crippen molar-refractivity contribution in [2.75, 3.05) is 0 Å². The van der Waals surface area contributed by atoms with Crippen LogP contribution < -0.4 is 10.6 Å². The zero-order valence-corrected chi connectivity index (χ0v) is 13.4. The van der Waals surface area contributed by atoms with Crippen molar-refractivity contribution in [1.82, 2.24) is 10.6 Å². The summed E-state index contributed by atoms with van der Waals surface area (Å²) >= 11 is 6.19. The molecule has 2 aromatic carbocycles. The van der Waals surface area contributed by atoms with Crippen LogP contribution in [-0.4, -0.2) is 11.1 Å². The van der Waals surface area contributed by atoms with Crippen molar-refractivity contribution in [1.29, 1.82) is 0 Å². The van der Waals surface area contributed by atoms with Gasteiger partial charge in [-0.3, -0.25) is 0 Å². The summed E-state index contributed by atoms with van der Waals surface area (Å²) in [4.78, 5) is 12.1. The summed E-state index contributed by atoms with van der Waals surface area (Å²) in [7, 11) is 0. The molecule has 0 bridgehead atoms. The molecule has 2 amide bonds. The molecule has 4 nitrogen and oxygen atoms in total. The normalized spacial score (nSPS) is 16.0. The smallest absolute Gasteiger partial charge is 0.315 e. The average molecular weight is 331 g/mol. The molecular formula is C18H19ClN2O2. The number of carbonyl (C=O) groups excluding carboxylic acids is 1. The topological polar surface area (TPSA) is 61.4 Å². The molecule has 0 radical (unpaired) electrons. The molecule has 0 aromatic heterocycles. The van der Waals surface area contributed by atoms with Crippen molar-refractivity contribution in [3.8, 4) is 0 Å². The van der Waals surface area contributed by atoms with Crippen molar-refractivity contribution >= 4 is 17.6 Å². The van der Waals surface area contributed by atoms with E-state index in [0.29, 0.717) is 6.54 Å². The average Bonchev–Trinajstić information content (AvgIpc) is 2.97. The van der Waals surface area contributed by atoms with E-state index in [-0.39, 0.29) is 18.7 Å². The van der Waals surface area contributed by atoms with Crippen LogP contribution in [0.5, 0.6) is 0 Å². The number of rotatable bonds is 4. The molecule has 0 heterocycles. The van der Waals surface area contributed by atoms with Crippen molar-refractivity contribution in [3.63, 3.8) is 0 Å². The summed E-state index contributed by atoms with van der Waals surface area (Å²) in [5.41, 5.74) is 3.97. The van der Waals surface area contributed by atoms with Crippen molar-refractivity contribution in [3.05, 3.63) is 69.7 Å². The number of aliphatic hydroxyl groups is 1. The summed E-state index contributed by atoms with van der Waals surface area (Å²) in [6.45, 7) is 0.353. The van der Waals surface area contributed by atoms with E-state index < -0.39 is 0 Å². The molecule has 0 fully saturated rings. The molecule has 1 aliphatic rings. The quantitative estimate of drug-likeness (QED) is 0.805. The number of carbonyl (C=O) groups is 1. The van der Waals surface area contributed by atoms with Crippen LogP contribution in [0.2, 0.25) is 5.02 Å². The Morgan fingerprint density at radius 2 is 1.96 bits per heavy atom. The number of hydrogen-bond donors (Lipinski definition) is 3. The molecule has 1 unspecified atom stereocenters. The van der Waals surface area contributed by atoms with Gasteiger partial charge in [0.25, 0.3) is 0 Å². The fourth-order valence-corrected chi connectivity index (χ4v) is 3.30. The number of benzene rings is 2. The number of halogens is 1. The molecule has 0 aliphatic heterocycles. The number of nitrogens with one attached hydrogen (secondary N) is 2. The minimum atomic E-state index is -0.212. The third-order valence-electron chi connectivity index (χ3n) is 4.25. The first-order valence-electron chi connectivity index (χ1n) is 7.68. The monoisotopic (exact) mass is 330 g/mol. The second kappa shape index (κ2) is 7.02. The number of aliphatic hydroxyl groups excluding tert-OH is 1. The maximum Gasteiger partial charge on any atom is 0.315 e. The molecule has 3 N–H and O–H groups in total. The van der Waals surface area contributed by atoms with Crippen molar-refractivity contribution in [2.45, 2.75) is 32.0 Å². The largest absolute Gasteiger partial charge is 0.392 e. The van der Waals surface area contributed by atoms with E-state index in [9.17, 15) is 9.90 Å². The third-order valence-corrected chi connectivity index (χ3v) is 4.60. The Bertz CT molecular complexity index is 718. The van der Waals surface area contributed by atoms with Gasteiger partial charge in [0.15, 0.2) is 0 Å². The lowest BCUT2D eigenvalue weighted by molar-refractivity contribution is 0.236. The van der Waals surface area contributed by atoms with Gasteiger partial charge in [-0.05, 0) is 41.2 Å². The lowest BCUT2D eigenvalue weighted by atomic mass is 10.1. The highest BCUT2D eigenvalue weighted by Crippen LogP contribution is 2.35. The molecule has 1 atom stereocenters. The second-order valence-electron chi connectivity index (χ2n) is 5.65. The molecule has 120 valence electrons. The highest BCUT2D eigenvalue weighted by Gasteiger charge is 2.25. The first kappa shape index (κ1) is 15.8. The molecule has 3 rings (SSSR count). The van der Waals surface area contributed by atoms with E-state index >= 15 is 0 Å². The fraction of sp³-hybridized carbons (Fsp3) is 0.278. The van der Waals surface area contributed by atoms with Crippen LogP contribution >= 0.6 is 11.6 Å². The molecule has 23 heavy (non-hydrogen) atoms. The van der Waals surface area contributed by atoms with Crippen molar-refractivity contribution in [2.24, 2.45) is 0 Å². The van der Waals surface area contributed by atoms with Gasteiger partial charge < -0.3 is 15.7 Å². The summed E-state index contributed by atoms with van der Waals surface area (Å²) in [5, 5.41) is 15.9. The lowest BCUT2D eigenvalue weighted by Gasteiger charge is -2.16. The van der Waals surface area contributed by atoms with E-state index in [1.165, 1.54) is 0 Å². The Hall–Kier alpha value is -2.04. The number of hydrogen-bond acceptors (Lipinski definition) is 2. The fourth-order valence-electron chi connectivity index (χ4n) is 3.03. The lowest BCUT2D eigenvalue weighted by Crippen LogP contribution is -2.37. The molecule has 0 saturated carbocycles. The van der Waals surface area contributed by atoms with Crippen LogP contribution in [-0.2, 0) is 19.6 Å². The molecule has 5 heteroatoms. The Balaban J connectivity index is 1.60. The van der Waals surface area contributed by atoms with Gasteiger partial charge in [0.05, 0.1) is 12.6 Å². The van der Waals surface area contributed by atoms with Gasteiger partial charge in [-0.25, -0.2) is 4.79 Å². The van der Waals surface area contributed by atoms with E-state index in [0.717, 1.165) is 40.1 Å². The Kier molecular flexibility index (Phi) is 4.84. The maximum absolute atomic E-state index is 12.1. The molecule has 2 aromatic rings. The van der Waals surface area contributed by atoms with Gasteiger partial charge in [0.2, 0.25) is 0 Å². The summed E-state index contributed by atoms with van der Waals surface area (Å²) < 4.78 is 0. The molecular weight excluding hydrogens is 312 g/mol. The summed E-state index contributed by atoms with van der Waals surface area (Å²) in [6.07, 6.45) is 1.74. The van der Waals surface area contributed by atoms with Crippen LogP contribution in [0, 0.1) is 0 Å². The van der Waals surface area contributed by atoms with Gasteiger partial charge in [0, 0.05) is 11.6 Å². The number of urea groups is 1. The third kappa shape index (κ3) is 3.49. The molecule has 1 aliphatic carbocycles. The summed E-state index contributed by atoms with van der Waals surface area (Å²) in [6, 6.07) is 13.1. The number of fused-ring (bicyclic) bond motifs is 1. The number of amides is 2. The maximum atomic E-state index is 12.1. The highest BCUT2D eigenvalue weighted by atomic mass is 35.5. The first-order chi connectivity index (χ1) is 11.2. The van der Waals surface area contributed by atoms with E-state index in [4.69, 9.17) is 11.6 Å². The van der Waals surface area contributed by atoms with Crippen LogP contribution in [0.1, 0.15) is 34.7 Å². The summed E-state index contributed by atoms with van der Waals surface area (Å²) in [5.74, 6) is 0. The van der Waals surface area contributed by atoms with Crippen LogP contribution in [0.15, 0.2) is 42.5 Å². The Morgan fingerprint density at radius 1 is 1.17 bits per heavy atom. The SMILES string of the molecule is O=C(NCc1ccccc1CO)NC1CCc2c(Cl)cccc21. The molecule has 0 spiro atoms. The zero-order valence-electron chi connectivity index (χ0n) is 12.7. The first-order valence-corrected chi connectivity index (χ1v) is 8.06. The van der Waals surface area contributed by atoms with Crippen molar-refractivity contribution < 1.29 is 9.90 Å². The predicted octanol–water partition coefficient (Wildman–Crippen LogP) is 3.32. The van der Waals surface area contributed by atoms with Gasteiger partial charge in [-0.2, -0.15) is 0 Å². The van der Waals surface area contributed by atoms with Crippen LogP contribution in [0.4, 0.5) is 4.79 Å². The van der Waals surface area contributed by atoms with Gasteiger partial charge in [0.1, 0.15) is 0 Å². The molecule has 0 saturated heterocycles. The predicted molar refractivity (Wildman–Crippen MR) is 90.3 cm³/mol. The highest BCUT2D eigenvalue weighted by molar-refractivity contribution is 6.31. The second-order valence-corrected chi connectivity index (χ2v) is 6.06. The van der Waals surface area contributed by atoms with E-state index in [1.54, 1.807) is 0 Å². The van der Waals surface area contributed by atoms with Crippen LogP contribution in [0.25, 0.3) is 0 Å². The van der Waals surface area contributed by atoms with Gasteiger partial charge in [-0.1, -0.05) is 48.0 Å². The van der Waals surface area contributed by atoms with Gasteiger partial charge in [-0.15, -0.1) is 0 Å². The minimum Gasteiger partial charge on any atom is -0.392 e. The Labute approximate surface area is 140 Å². The van der Waals surface area contributed by atoms with E-state index in [1.807, 2.05) is 42.5 Å². The Morgan fingerprint density at radius 3 is 2.74 bits per heavy atom. The zero-order chi connectivity index (χ0) is 16.2. The standard InChI is InChI=1S/C18H19ClN2O2/c19-16-7-3-6-15-14(16)8-9-17(15)21-18(23)20-10-12-4-1-2-5-13(12)11-22/h1-7,17,22H,8-11H2,(H2,20,21,23). The van der Waals surface area contributed by atoms with Gasteiger partial charge >= 0.3 is 6.03 Å².